The summed E-state index contributed by atoms with van der Waals surface area (Å²) in [5, 5.41) is 21.8. The van der Waals surface area contributed by atoms with Gasteiger partial charge in [-0.3, -0.25) is 4.99 Å². The first-order chi connectivity index (χ1) is 10.1. The van der Waals surface area contributed by atoms with E-state index < -0.39 is 5.72 Å². The highest BCUT2D eigenvalue weighted by Crippen LogP contribution is 2.45. The number of phenols is 1. The van der Waals surface area contributed by atoms with Crippen molar-refractivity contribution >= 4 is 17.4 Å². The smallest absolute Gasteiger partial charge is 0.193 e. The highest BCUT2D eigenvalue weighted by atomic mass is 35.5. The average molecular weight is 301 g/mol. The molecule has 2 heterocycles. The lowest BCUT2D eigenvalue weighted by atomic mass is 9.93. The van der Waals surface area contributed by atoms with Crippen LogP contribution in [0.2, 0.25) is 5.02 Å². The number of aliphatic hydroxyl groups is 1. The maximum atomic E-state index is 11.4. The fraction of sp³-hybridized carbons (Fsp3) is 0.188. The third-order valence-corrected chi connectivity index (χ3v) is 4.35. The molecule has 106 valence electrons. The topological polar surface area (TPSA) is 56.1 Å². The number of nitrogens with zero attached hydrogens (tertiary/aromatic N) is 2. The fourth-order valence-corrected chi connectivity index (χ4v) is 3.27. The minimum absolute atomic E-state index is 0.128. The second-order valence-corrected chi connectivity index (χ2v) is 5.70. The first-order valence-corrected chi connectivity index (χ1v) is 7.13. The molecule has 4 rings (SSSR count). The van der Waals surface area contributed by atoms with Crippen LogP contribution in [0.4, 0.5) is 0 Å². The number of rotatable bonds is 1. The molecule has 5 heteroatoms. The van der Waals surface area contributed by atoms with Crippen molar-refractivity contribution in [2.24, 2.45) is 4.99 Å². The molecular weight excluding hydrogens is 288 g/mol. The summed E-state index contributed by atoms with van der Waals surface area (Å²) in [4.78, 5) is 6.36. The Kier molecular flexibility index (Phi) is 2.55. The summed E-state index contributed by atoms with van der Waals surface area (Å²) < 4.78 is 0. The Bertz CT molecular complexity index is 757. The van der Waals surface area contributed by atoms with Crippen LogP contribution in [-0.4, -0.2) is 34.0 Å². The van der Waals surface area contributed by atoms with E-state index in [2.05, 4.69) is 4.99 Å². The van der Waals surface area contributed by atoms with Gasteiger partial charge in [-0.2, -0.15) is 0 Å². The second kappa shape index (κ2) is 4.23. The molecule has 0 saturated heterocycles. The summed E-state index contributed by atoms with van der Waals surface area (Å²) in [5.41, 5.74) is 0.922. The van der Waals surface area contributed by atoms with Gasteiger partial charge in [-0.1, -0.05) is 23.7 Å². The van der Waals surface area contributed by atoms with E-state index in [1.807, 2.05) is 4.90 Å². The second-order valence-electron chi connectivity index (χ2n) is 5.27. The van der Waals surface area contributed by atoms with Crippen molar-refractivity contribution in [3.8, 4) is 5.75 Å². The summed E-state index contributed by atoms with van der Waals surface area (Å²) in [7, 11) is 0. The Labute approximate surface area is 126 Å². The Morgan fingerprint density at radius 2 is 1.90 bits per heavy atom. The highest BCUT2D eigenvalue weighted by Gasteiger charge is 2.49. The average Bonchev–Trinajstić information content (AvgIpc) is 3.03. The van der Waals surface area contributed by atoms with E-state index >= 15 is 0 Å². The molecule has 0 fully saturated rings. The maximum Gasteiger partial charge on any atom is 0.193 e. The van der Waals surface area contributed by atoms with Gasteiger partial charge in [-0.25, -0.2) is 0 Å². The molecule has 0 saturated carbocycles. The van der Waals surface area contributed by atoms with E-state index in [0.717, 1.165) is 11.4 Å². The van der Waals surface area contributed by atoms with Gasteiger partial charge in [0, 0.05) is 28.3 Å². The summed E-state index contributed by atoms with van der Waals surface area (Å²) in [6, 6.07) is 12.1. The first kappa shape index (κ1) is 12.7. The third kappa shape index (κ3) is 1.63. The number of benzene rings is 2. The van der Waals surface area contributed by atoms with Gasteiger partial charge >= 0.3 is 0 Å². The molecule has 2 aliphatic rings. The fourth-order valence-electron chi connectivity index (χ4n) is 3.15. The van der Waals surface area contributed by atoms with Gasteiger partial charge in [0.2, 0.25) is 0 Å². The van der Waals surface area contributed by atoms with E-state index in [1.54, 1.807) is 42.5 Å². The largest absolute Gasteiger partial charge is 0.508 e. The molecular formula is C16H13ClN2O2. The molecule has 2 aliphatic heterocycles. The van der Waals surface area contributed by atoms with E-state index in [0.29, 0.717) is 29.2 Å². The van der Waals surface area contributed by atoms with Crippen molar-refractivity contribution in [1.82, 2.24) is 4.90 Å². The van der Waals surface area contributed by atoms with Crippen molar-refractivity contribution in [3.05, 3.63) is 64.2 Å². The van der Waals surface area contributed by atoms with Crippen LogP contribution in [0.3, 0.4) is 0 Å². The normalized spacial score (nSPS) is 23.0. The number of aliphatic imine (C=N–C) groups is 1. The van der Waals surface area contributed by atoms with Gasteiger partial charge in [-0.05, 0) is 30.3 Å². The number of hydrogen-bond acceptors (Lipinski definition) is 4. The van der Waals surface area contributed by atoms with Crippen LogP contribution in [0.15, 0.2) is 47.5 Å². The zero-order chi connectivity index (χ0) is 14.6. The Hall–Kier alpha value is -2.04. The van der Waals surface area contributed by atoms with Crippen molar-refractivity contribution < 1.29 is 10.2 Å². The molecule has 0 amide bonds. The van der Waals surface area contributed by atoms with E-state index in [-0.39, 0.29) is 5.75 Å². The Balaban J connectivity index is 1.98. The lowest BCUT2D eigenvalue weighted by Gasteiger charge is -2.33. The van der Waals surface area contributed by atoms with Crippen molar-refractivity contribution in [2.75, 3.05) is 13.1 Å². The van der Waals surface area contributed by atoms with Crippen LogP contribution < -0.4 is 0 Å². The minimum atomic E-state index is -1.31. The Morgan fingerprint density at radius 3 is 2.67 bits per heavy atom. The van der Waals surface area contributed by atoms with Crippen molar-refractivity contribution in [3.63, 3.8) is 0 Å². The van der Waals surface area contributed by atoms with Gasteiger partial charge in [0.25, 0.3) is 0 Å². The van der Waals surface area contributed by atoms with Gasteiger partial charge in [0.15, 0.2) is 5.72 Å². The molecule has 1 atom stereocenters. The maximum absolute atomic E-state index is 11.4. The van der Waals surface area contributed by atoms with Crippen LogP contribution >= 0.6 is 11.6 Å². The molecule has 2 aromatic rings. The van der Waals surface area contributed by atoms with E-state index in [9.17, 15) is 10.2 Å². The van der Waals surface area contributed by atoms with E-state index in [1.165, 1.54) is 0 Å². The lowest BCUT2D eigenvalue weighted by Crippen LogP contribution is -2.43. The molecule has 4 nitrogen and oxygen atoms in total. The molecule has 2 aromatic carbocycles. The number of amidine groups is 1. The van der Waals surface area contributed by atoms with Crippen LogP contribution in [0.25, 0.3) is 0 Å². The summed E-state index contributed by atoms with van der Waals surface area (Å²) in [6.07, 6.45) is 0. The molecule has 21 heavy (non-hydrogen) atoms. The number of fused-ring (bicyclic) bond motifs is 3. The standard InChI is InChI=1S/C16H13ClN2O2/c17-11-3-1-10(2-4-11)16(21)14-9-12(20)5-6-13(14)15-18-7-8-19(15)16/h1-6,9,20-21H,7-8H2. The molecule has 0 bridgehead atoms. The summed E-state index contributed by atoms with van der Waals surface area (Å²) >= 11 is 5.94. The van der Waals surface area contributed by atoms with Crippen LogP contribution in [0.1, 0.15) is 16.7 Å². The quantitative estimate of drug-likeness (QED) is 0.850. The molecule has 1 unspecified atom stereocenters. The monoisotopic (exact) mass is 300 g/mol. The zero-order valence-corrected chi connectivity index (χ0v) is 11.9. The SMILES string of the molecule is Oc1ccc2c(c1)C(O)(c1ccc(Cl)cc1)N1CCN=C21. The van der Waals surface area contributed by atoms with Crippen LogP contribution in [-0.2, 0) is 5.72 Å². The number of halogens is 1. The van der Waals surface area contributed by atoms with Crippen LogP contribution in [0.5, 0.6) is 5.75 Å². The number of hydrogen-bond donors (Lipinski definition) is 2. The zero-order valence-electron chi connectivity index (χ0n) is 11.1. The van der Waals surface area contributed by atoms with Gasteiger partial charge < -0.3 is 15.1 Å². The minimum Gasteiger partial charge on any atom is -0.508 e. The highest BCUT2D eigenvalue weighted by molar-refractivity contribution is 6.30. The number of phenolic OH excluding ortho intramolecular Hbond substituents is 1. The Morgan fingerprint density at radius 1 is 1.14 bits per heavy atom. The predicted octanol–water partition coefficient (Wildman–Crippen LogP) is 2.31. The first-order valence-electron chi connectivity index (χ1n) is 6.75. The molecule has 0 spiro atoms. The number of aromatic hydroxyl groups is 1. The van der Waals surface area contributed by atoms with Crippen molar-refractivity contribution in [2.45, 2.75) is 5.72 Å². The van der Waals surface area contributed by atoms with Gasteiger partial charge in [0.1, 0.15) is 11.6 Å². The van der Waals surface area contributed by atoms with E-state index in [4.69, 9.17) is 11.6 Å². The summed E-state index contributed by atoms with van der Waals surface area (Å²) in [5.74, 6) is 0.908. The lowest BCUT2D eigenvalue weighted by molar-refractivity contribution is -0.0243. The third-order valence-electron chi connectivity index (χ3n) is 4.10. The molecule has 2 N–H and O–H groups in total. The van der Waals surface area contributed by atoms with Crippen LogP contribution in [0, 0.1) is 0 Å². The molecule has 0 aliphatic carbocycles. The van der Waals surface area contributed by atoms with Crippen molar-refractivity contribution in [1.29, 1.82) is 0 Å². The molecule has 0 aromatic heterocycles. The molecule has 0 radical (unpaired) electrons. The van der Waals surface area contributed by atoms with Gasteiger partial charge in [0.05, 0.1) is 6.54 Å². The summed E-state index contributed by atoms with van der Waals surface area (Å²) in [6.45, 7) is 1.30. The van der Waals surface area contributed by atoms with Gasteiger partial charge in [-0.15, -0.1) is 0 Å². The predicted molar refractivity (Wildman–Crippen MR) is 80.7 cm³/mol.